The summed E-state index contributed by atoms with van der Waals surface area (Å²) in [4.78, 5) is 1.25. The van der Waals surface area contributed by atoms with E-state index in [0.717, 1.165) is 43.3 Å². The fourth-order valence-corrected chi connectivity index (χ4v) is 2.93. The van der Waals surface area contributed by atoms with Gasteiger partial charge >= 0.3 is 0 Å². The maximum atomic E-state index is 5.74. The molecule has 0 radical (unpaired) electrons. The molecule has 3 nitrogen and oxygen atoms in total. The number of hydrogen-bond acceptors (Lipinski definition) is 4. The van der Waals surface area contributed by atoms with Gasteiger partial charge in [0.2, 0.25) is 0 Å². The van der Waals surface area contributed by atoms with Crippen molar-refractivity contribution in [3.8, 4) is 11.5 Å². The van der Waals surface area contributed by atoms with Crippen LogP contribution < -0.4 is 15.2 Å². The van der Waals surface area contributed by atoms with Gasteiger partial charge in [-0.2, -0.15) is 0 Å². The Morgan fingerprint density at radius 1 is 1.21 bits per heavy atom. The van der Waals surface area contributed by atoms with Crippen LogP contribution in [0.4, 0.5) is 0 Å². The minimum Gasteiger partial charge on any atom is -0.490 e. The maximum Gasteiger partial charge on any atom is 0.162 e. The Labute approximate surface area is 119 Å². The first-order valence-electron chi connectivity index (χ1n) is 7.04. The summed E-state index contributed by atoms with van der Waals surface area (Å²) in [5, 5.41) is 0. The monoisotopic (exact) mass is 281 g/mol. The van der Waals surface area contributed by atoms with Gasteiger partial charge in [-0.05, 0) is 43.7 Å². The second-order valence-corrected chi connectivity index (χ2v) is 6.15. The van der Waals surface area contributed by atoms with Crippen LogP contribution in [0.2, 0.25) is 0 Å². The van der Waals surface area contributed by atoms with Crippen LogP contribution in [0.25, 0.3) is 0 Å². The lowest BCUT2D eigenvalue weighted by Crippen LogP contribution is -2.13. The first-order chi connectivity index (χ1) is 9.25. The zero-order chi connectivity index (χ0) is 13.5. The molecule has 1 atom stereocenters. The van der Waals surface area contributed by atoms with E-state index in [0.29, 0.717) is 6.04 Å². The summed E-state index contributed by atoms with van der Waals surface area (Å²) in [5.74, 6) is 2.89. The zero-order valence-corrected chi connectivity index (χ0v) is 12.4. The smallest absolute Gasteiger partial charge is 0.162 e. The van der Waals surface area contributed by atoms with Crippen molar-refractivity contribution in [2.45, 2.75) is 43.5 Å². The Hall–Kier alpha value is -0.870. The second-order valence-electron chi connectivity index (χ2n) is 4.98. The van der Waals surface area contributed by atoms with Crippen LogP contribution in [-0.2, 0) is 0 Å². The summed E-state index contributed by atoms with van der Waals surface area (Å²) in [7, 11) is 0. The van der Waals surface area contributed by atoms with Gasteiger partial charge in [-0.3, -0.25) is 0 Å². The van der Waals surface area contributed by atoms with E-state index in [1.165, 1.54) is 17.7 Å². The van der Waals surface area contributed by atoms with Gasteiger partial charge in [0.05, 0.1) is 13.2 Å². The molecule has 1 heterocycles. The topological polar surface area (TPSA) is 44.5 Å². The average Bonchev–Trinajstić information content (AvgIpc) is 2.62. The molecular formula is C15H23NO2S. The number of rotatable bonds is 6. The van der Waals surface area contributed by atoms with E-state index in [2.05, 4.69) is 19.1 Å². The van der Waals surface area contributed by atoms with Gasteiger partial charge in [0, 0.05) is 17.4 Å². The van der Waals surface area contributed by atoms with Crippen LogP contribution in [0.15, 0.2) is 23.1 Å². The maximum absolute atomic E-state index is 5.74. The van der Waals surface area contributed by atoms with Crippen LogP contribution >= 0.6 is 11.8 Å². The third kappa shape index (κ3) is 4.96. The molecule has 1 aliphatic heterocycles. The van der Waals surface area contributed by atoms with Gasteiger partial charge < -0.3 is 15.2 Å². The van der Waals surface area contributed by atoms with Crippen LogP contribution in [0.5, 0.6) is 11.5 Å². The molecule has 0 saturated carbocycles. The molecular weight excluding hydrogens is 258 g/mol. The average molecular weight is 281 g/mol. The van der Waals surface area contributed by atoms with E-state index in [4.69, 9.17) is 15.2 Å². The van der Waals surface area contributed by atoms with Gasteiger partial charge in [0.15, 0.2) is 11.5 Å². The fourth-order valence-electron chi connectivity index (χ4n) is 1.99. The lowest BCUT2D eigenvalue weighted by atomic mass is 10.2. The summed E-state index contributed by atoms with van der Waals surface area (Å²) in [5.41, 5.74) is 5.74. The zero-order valence-electron chi connectivity index (χ0n) is 11.6. The van der Waals surface area contributed by atoms with E-state index in [1.807, 2.05) is 17.8 Å². The number of nitrogens with two attached hydrogens (primary N) is 1. The van der Waals surface area contributed by atoms with Gasteiger partial charge in [-0.25, -0.2) is 0 Å². The molecule has 0 aliphatic carbocycles. The lowest BCUT2D eigenvalue weighted by molar-refractivity contribution is 0.297. The minimum atomic E-state index is 0.322. The minimum absolute atomic E-state index is 0.322. The highest BCUT2D eigenvalue weighted by Crippen LogP contribution is 2.34. The molecule has 1 aromatic rings. The number of thioether (sulfide) groups is 1. The summed E-state index contributed by atoms with van der Waals surface area (Å²) in [6.07, 6.45) is 4.48. The first kappa shape index (κ1) is 14.5. The van der Waals surface area contributed by atoms with Crippen LogP contribution in [0.1, 0.15) is 32.6 Å². The fraction of sp³-hybridized carbons (Fsp3) is 0.600. The van der Waals surface area contributed by atoms with Crippen molar-refractivity contribution in [2.24, 2.45) is 5.73 Å². The number of benzene rings is 1. The third-order valence-electron chi connectivity index (χ3n) is 3.04. The molecule has 4 heteroatoms. The van der Waals surface area contributed by atoms with Crippen molar-refractivity contribution in [3.63, 3.8) is 0 Å². The van der Waals surface area contributed by atoms with Crippen molar-refractivity contribution < 1.29 is 9.47 Å². The molecule has 106 valence electrons. The molecule has 2 rings (SSSR count). The summed E-state index contributed by atoms with van der Waals surface area (Å²) < 4.78 is 11.3. The van der Waals surface area contributed by atoms with E-state index >= 15 is 0 Å². The van der Waals surface area contributed by atoms with Crippen molar-refractivity contribution >= 4 is 11.8 Å². The molecule has 0 bridgehead atoms. The van der Waals surface area contributed by atoms with Gasteiger partial charge in [0.25, 0.3) is 0 Å². The molecule has 1 aliphatic rings. The van der Waals surface area contributed by atoms with E-state index in [-0.39, 0.29) is 0 Å². The van der Waals surface area contributed by atoms with Crippen molar-refractivity contribution in [1.82, 2.24) is 0 Å². The van der Waals surface area contributed by atoms with Crippen molar-refractivity contribution in [3.05, 3.63) is 18.2 Å². The molecule has 0 aromatic heterocycles. The van der Waals surface area contributed by atoms with Crippen LogP contribution in [0.3, 0.4) is 0 Å². The van der Waals surface area contributed by atoms with Crippen molar-refractivity contribution in [2.75, 3.05) is 19.0 Å². The largest absolute Gasteiger partial charge is 0.490 e. The second kappa shape index (κ2) is 7.65. The first-order valence-corrected chi connectivity index (χ1v) is 8.02. The number of unbranched alkanes of at least 4 members (excludes halogenated alkanes) is 1. The Balaban J connectivity index is 1.79. The van der Waals surface area contributed by atoms with Crippen LogP contribution in [-0.4, -0.2) is 25.0 Å². The molecule has 0 saturated heterocycles. The standard InChI is InChI=1S/C15H23NO2S/c1-12(16)5-2-3-10-19-13-6-7-14-15(11-13)18-9-4-8-17-14/h6-7,11-12H,2-5,8-10,16H2,1H3. The predicted molar refractivity (Wildman–Crippen MR) is 80.3 cm³/mol. The van der Waals surface area contributed by atoms with Crippen molar-refractivity contribution in [1.29, 1.82) is 0 Å². The normalized spacial score (nSPS) is 15.9. The lowest BCUT2D eigenvalue weighted by Gasteiger charge is -2.09. The third-order valence-corrected chi connectivity index (χ3v) is 4.12. The Morgan fingerprint density at radius 2 is 2.00 bits per heavy atom. The van der Waals surface area contributed by atoms with E-state index in [9.17, 15) is 0 Å². The van der Waals surface area contributed by atoms with Gasteiger partial charge in [0.1, 0.15) is 0 Å². The summed E-state index contributed by atoms with van der Waals surface area (Å²) in [6.45, 7) is 3.56. The molecule has 0 fully saturated rings. The SMILES string of the molecule is CC(N)CCCCSc1ccc2c(c1)OCCCO2. The molecule has 0 amide bonds. The van der Waals surface area contributed by atoms with Crippen LogP contribution in [0, 0.1) is 0 Å². The highest BCUT2D eigenvalue weighted by atomic mass is 32.2. The quantitative estimate of drug-likeness (QED) is 0.640. The number of ether oxygens (including phenoxy) is 2. The highest BCUT2D eigenvalue weighted by molar-refractivity contribution is 7.99. The summed E-state index contributed by atoms with van der Waals surface area (Å²) >= 11 is 1.88. The highest BCUT2D eigenvalue weighted by Gasteiger charge is 2.10. The van der Waals surface area contributed by atoms with E-state index < -0.39 is 0 Å². The Kier molecular flexibility index (Phi) is 5.86. The Morgan fingerprint density at radius 3 is 2.79 bits per heavy atom. The number of fused-ring (bicyclic) bond motifs is 1. The predicted octanol–water partition coefficient (Wildman–Crippen LogP) is 3.46. The Bertz CT molecular complexity index is 396. The molecule has 1 aromatic carbocycles. The molecule has 19 heavy (non-hydrogen) atoms. The van der Waals surface area contributed by atoms with E-state index in [1.54, 1.807) is 0 Å². The number of hydrogen-bond donors (Lipinski definition) is 1. The summed E-state index contributed by atoms with van der Waals surface area (Å²) in [6, 6.07) is 6.55. The van der Waals surface area contributed by atoms with Gasteiger partial charge in [-0.1, -0.05) is 6.42 Å². The molecule has 1 unspecified atom stereocenters. The molecule has 2 N–H and O–H groups in total. The molecule has 0 spiro atoms. The van der Waals surface area contributed by atoms with Gasteiger partial charge in [-0.15, -0.1) is 11.8 Å².